The third kappa shape index (κ3) is 5.02. The van der Waals surface area contributed by atoms with Crippen LogP contribution in [0.5, 0.6) is 5.75 Å². The van der Waals surface area contributed by atoms with Gasteiger partial charge in [0.2, 0.25) is 10.0 Å². The molecule has 1 aliphatic heterocycles. The van der Waals surface area contributed by atoms with Crippen LogP contribution >= 0.6 is 12.2 Å². The molecule has 0 saturated carbocycles. The molecule has 0 spiro atoms. The van der Waals surface area contributed by atoms with Gasteiger partial charge in [-0.25, -0.2) is 8.42 Å². The minimum absolute atomic E-state index is 0.112. The summed E-state index contributed by atoms with van der Waals surface area (Å²) in [6.07, 6.45) is 0. The van der Waals surface area contributed by atoms with Crippen LogP contribution in [0.2, 0.25) is 0 Å². The third-order valence-corrected chi connectivity index (χ3v) is 6.48. The Morgan fingerprint density at radius 3 is 2.43 bits per heavy atom. The molecule has 1 heterocycles. The van der Waals surface area contributed by atoms with E-state index in [0.717, 1.165) is 0 Å². The van der Waals surface area contributed by atoms with Crippen LogP contribution in [0.3, 0.4) is 0 Å². The molecule has 10 nitrogen and oxygen atoms in total. The maximum absolute atomic E-state index is 12.7. The number of benzene rings is 2. The van der Waals surface area contributed by atoms with Crippen LogP contribution in [0.4, 0.5) is 17.1 Å². The fraction of sp³-hybridized carbons (Fsp3) is 0.278. The highest BCUT2D eigenvalue weighted by Gasteiger charge is 2.26. The van der Waals surface area contributed by atoms with E-state index in [4.69, 9.17) is 21.7 Å². The minimum Gasteiger partial charge on any atom is -0.495 e. The largest absolute Gasteiger partial charge is 0.495 e. The summed E-state index contributed by atoms with van der Waals surface area (Å²) in [5, 5.41) is 16.9. The van der Waals surface area contributed by atoms with Gasteiger partial charge >= 0.3 is 0 Å². The number of methoxy groups -OCH3 is 1. The van der Waals surface area contributed by atoms with Crippen molar-refractivity contribution in [1.82, 2.24) is 4.31 Å². The monoisotopic (exact) mass is 452 g/mol. The number of nitrogens with zero attached hydrogens (tertiary/aromatic N) is 2. The van der Waals surface area contributed by atoms with Crippen LogP contribution in [0.1, 0.15) is 0 Å². The number of non-ortho nitro benzene ring substituents is 1. The van der Waals surface area contributed by atoms with Gasteiger partial charge in [0.15, 0.2) is 5.11 Å². The Kier molecular flexibility index (Phi) is 6.82. The van der Waals surface area contributed by atoms with Crippen LogP contribution in [-0.2, 0) is 14.8 Å². The number of ether oxygens (including phenoxy) is 2. The van der Waals surface area contributed by atoms with Crippen molar-refractivity contribution in [2.24, 2.45) is 0 Å². The first kappa shape index (κ1) is 21.9. The highest BCUT2D eigenvalue weighted by Crippen LogP contribution is 2.29. The quantitative estimate of drug-likeness (QED) is 0.386. The lowest BCUT2D eigenvalue weighted by Gasteiger charge is -2.26. The molecule has 0 bridgehead atoms. The van der Waals surface area contributed by atoms with E-state index in [9.17, 15) is 18.5 Å². The number of nitrogens with one attached hydrogen (secondary N) is 2. The third-order valence-electron chi connectivity index (χ3n) is 4.36. The molecule has 2 N–H and O–H groups in total. The first-order valence-electron chi connectivity index (χ1n) is 8.89. The van der Waals surface area contributed by atoms with E-state index in [1.165, 1.54) is 41.7 Å². The van der Waals surface area contributed by atoms with E-state index in [2.05, 4.69) is 10.6 Å². The molecule has 2 aromatic rings. The Bertz CT molecular complexity index is 1040. The standard InChI is InChI=1S/C18H20N4O6S2/c1-27-17-7-4-14(22(23)24)12-16(17)20-18(29)19-13-2-5-15(6-3-13)30(25,26)21-8-10-28-11-9-21/h2-7,12H,8-11H2,1H3,(H2,19,20,29). The van der Waals surface area contributed by atoms with Crippen molar-refractivity contribution in [3.63, 3.8) is 0 Å². The first-order chi connectivity index (χ1) is 14.3. The zero-order chi connectivity index (χ0) is 21.7. The molecular formula is C18H20N4O6S2. The average Bonchev–Trinajstić information content (AvgIpc) is 2.74. The van der Waals surface area contributed by atoms with E-state index in [-0.39, 0.29) is 15.7 Å². The lowest BCUT2D eigenvalue weighted by Crippen LogP contribution is -2.40. The SMILES string of the molecule is COc1ccc([N+](=O)[O-])cc1NC(=S)Nc1ccc(S(=O)(=O)N2CCOCC2)cc1. The second-order valence-corrected chi connectivity index (χ2v) is 8.61. The van der Waals surface area contributed by atoms with Crippen molar-refractivity contribution in [3.8, 4) is 5.75 Å². The van der Waals surface area contributed by atoms with Crippen LogP contribution in [0.15, 0.2) is 47.4 Å². The normalized spacial score (nSPS) is 14.7. The highest BCUT2D eigenvalue weighted by molar-refractivity contribution is 7.89. The van der Waals surface area contributed by atoms with E-state index >= 15 is 0 Å². The molecule has 0 radical (unpaired) electrons. The van der Waals surface area contributed by atoms with Gasteiger partial charge in [-0.15, -0.1) is 0 Å². The van der Waals surface area contributed by atoms with E-state index in [0.29, 0.717) is 43.4 Å². The van der Waals surface area contributed by atoms with Crippen LogP contribution < -0.4 is 15.4 Å². The highest BCUT2D eigenvalue weighted by atomic mass is 32.2. The van der Waals surface area contributed by atoms with Crippen molar-refractivity contribution in [1.29, 1.82) is 0 Å². The summed E-state index contributed by atoms with van der Waals surface area (Å²) in [6.45, 7) is 1.39. The van der Waals surface area contributed by atoms with Gasteiger partial charge in [0.25, 0.3) is 5.69 Å². The lowest BCUT2D eigenvalue weighted by atomic mass is 10.2. The zero-order valence-corrected chi connectivity index (χ0v) is 17.7. The molecule has 30 heavy (non-hydrogen) atoms. The van der Waals surface area contributed by atoms with Gasteiger partial charge in [-0.05, 0) is 42.5 Å². The molecule has 0 amide bonds. The summed E-state index contributed by atoms with van der Waals surface area (Å²) in [5.74, 6) is 0.386. The van der Waals surface area contributed by atoms with Gasteiger partial charge in [0.05, 0.1) is 35.8 Å². The summed E-state index contributed by atoms with van der Waals surface area (Å²) in [6, 6.07) is 10.3. The molecule has 12 heteroatoms. The van der Waals surface area contributed by atoms with E-state index < -0.39 is 14.9 Å². The molecule has 1 aliphatic rings. The fourth-order valence-electron chi connectivity index (χ4n) is 2.84. The van der Waals surface area contributed by atoms with E-state index in [1.54, 1.807) is 12.1 Å². The maximum Gasteiger partial charge on any atom is 0.271 e. The number of anilines is 2. The second-order valence-electron chi connectivity index (χ2n) is 6.26. The smallest absolute Gasteiger partial charge is 0.271 e. The number of nitro groups is 1. The number of morpholine rings is 1. The molecule has 2 aromatic carbocycles. The lowest BCUT2D eigenvalue weighted by molar-refractivity contribution is -0.384. The Morgan fingerprint density at radius 2 is 1.83 bits per heavy atom. The number of thiocarbonyl (C=S) groups is 1. The Balaban J connectivity index is 1.69. The van der Waals surface area contributed by atoms with Crippen LogP contribution in [-0.4, -0.2) is 56.2 Å². The number of nitro benzene ring substituents is 1. The number of rotatable bonds is 6. The number of hydrogen-bond acceptors (Lipinski definition) is 7. The van der Waals surface area contributed by atoms with Crippen LogP contribution in [0, 0.1) is 10.1 Å². The Morgan fingerprint density at radius 1 is 1.17 bits per heavy atom. The summed E-state index contributed by atoms with van der Waals surface area (Å²) in [7, 11) is -2.14. The predicted molar refractivity (Wildman–Crippen MR) is 116 cm³/mol. The molecule has 0 aromatic heterocycles. The van der Waals surface area contributed by atoms with Crippen molar-refractivity contribution < 1.29 is 22.8 Å². The van der Waals surface area contributed by atoms with Gasteiger partial charge in [0.1, 0.15) is 5.75 Å². The summed E-state index contributed by atoms with van der Waals surface area (Å²) in [5.41, 5.74) is 0.771. The maximum atomic E-state index is 12.7. The summed E-state index contributed by atoms with van der Waals surface area (Å²) in [4.78, 5) is 10.6. The predicted octanol–water partition coefficient (Wildman–Crippen LogP) is 2.43. The Hall–Kier alpha value is -2.80. The van der Waals surface area contributed by atoms with Crippen molar-refractivity contribution in [3.05, 3.63) is 52.6 Å². The van der Waals surface area contributed by atoms with Gasteiger partial charge in [0, 0.05) is 30.9 Å². The summed E-state index contributed by atoms with van der Waals surface area (Å²) >= 11 is 5.26. The number of sulfonamides is 1. The van der Waals surface area contributed by atoms with Gasteiger partial charge < -0.3 is 20.1 Å². The Labute approximate surface area is 179 Å². The second kappa shape index (κ2) is 9.34. The molecular weight excluding hydrogens is 432 g/mol. The molecule has 1 saturated heterocycles. The van der Waals surface area contributed by atoms with Crippen LogP contribution in [0.25, 0.3) is 0 Å². The van der Waals surface area contributed by atoms with Crippen molar-refractivity contribution in [2.45, 2.75) is 4.90 Å². The zero-order valence-electron chi connectivity index (χ0n) is 16.0. The summed E-state index contributed by atoms with van der Waals surface area (Å²) < 4.78 is 37.1. The number of hydrogen-bond donors (Lipinski definition) is 2. The molecule has 0 atom stereocenters. The van der Waals surface area contributed by atoms with Crippen molar-refractivity contribution >= 4 is 44.4 Å². The van der Waals surface area contributed by atoms with Gasteiger partial charge in [-0.2, -0.15) is 4.31 Å². The van der Waals surface area contributed by atoms with Gasteiger partial charge in [-0.3, -0.25) is 10.1 Å². The first-order valence-corrected chi connectivity index (χ1v) is 10.7. The fourth-order valence-corrected chi connectivity index (χ4v) is 4.47. The molecule has 3 rings (SSSR count). The molecule has 0 unspecified atom stereocenters. The van der Waals surface area contributed by atoms with Gasteiger partial charge in [-0.1, -0.05) is 0 Å². The average molecular weight is 453 g/mol. The molecule has 1 fully saturated rings. The van der Waals surface area contributed by atoms with E-state index in [1.807, 2.05) is 0 Å². The minimum atomic E-state index is -3.58. The molecule has 160 valence electrons. The topological polar surface area (TPSA) is 123 Å². The van der Waals surface area contributed by atoms with Crippen molar-refractivity contribution in [2.75, 3.05) is 44.0 Å². The molecule has 0 aliphatic carbocycles.